The summed E-state index contributed by atoms with van der Waals surface area (Å²) in [6.45, 7) is 0. The van der Waals surface area contributed by atoms with E-state index in [1.54, 1.807) is 11.3 Å². The molecule has 2 bridgehead atoms. The van der Waals surface area contributed by atoms with Crippen molar-refractivity contribution in [1.82, 2.24) is 5.32 Å². The first-order chi connectivity index (χ1) is 7.63. The van der Waals surface area contributed by atoms with Gasteiger partial charge in [-0.1, -0.05) is 11.6 Å². The second-order valence-electron chi connectivity index (χ2n) is 5.15. The van der Waals surface area contributed by atoms with Gasteiger partial charge in [0.1, 0.15) is 0 Å². The van der Waals surface area contributed by atoms with Crippen LogP contribution in [0.5, 0.6) is 0 Å². The molecule has 0 spiro atoms. The number of piperidine rings is 1. The van der Waals surface area contributed by atoms with E-state index in [0.29, 0.717) is 12.1 Å². The predicted molar refractivity (Wildman–Crippen MR) is 67.2 cm³/mol. The number of nitrogens with one attached hydrogen (secondary N) is 1. The fourth-order valence-electron chi connectivity index (χ4n) is 3.14. The summed E-state index contributed by atoms with van der Waals surface area (Å²) < 4.78 is 0.815. The van der Waals surface area contributed by atoms with Gasteiger partial charge < -0.3 is 10.4 Å². The van der Waals surface area contributed by atoms with Crippen LogP contribution in [0.1, 0.15) is 30.6 Å². The maximum atomic E-state index is 10.6. The Labute approximate surface area is 105 Å². The average molecular weight is 258 g/mol. The van der Waals surface area contributed by atoms with Crippen molar-refractivity contribution in [2.45, 2.75) is 49.8 Å². The van der Waals surface area contributed by atoms with E-state index in [2.05, 4.69) is 5.32 Å². The molecule has 0 aliphatic carbocycles. The van der Waals surface area contributed by atoms with Gasteiger partial charge in [-0.05, 0) is 37.8 Å². The molecule has 4 heteroatoms. The largest absolute Gasteiger partial charge is 0.389 e. The summed E-state index contributed by atoms with van der Waals surface area (Å²) in [5, 5.41) is 14.2. The van der Waals surface area contributed by atoms with Gasteiger partial charge in [0, 0.05) is 23.4 Å². The van der Waals surface area contributed by atoms with Crippen LogP contribution in [0.4, 0.5) is 0 Å². The number of fused-ring (bicyclic) bond motifs is 2. The zero-order valence-corrected chi connectivity index (χ0v) is 10.7. The zero-order chi connectivity index (χ0) is 11.2. The molecule has 2 atom stereocenters. The molecule has 3 heterocycles. The molecule has 0 radical (unpaired) electrons. The standard InChI is InChI=1S/C12H16ClNOS/c13-11-4-3-10(16-11)7-12(15)5-8-1-2-9(6-12)14-8/h3-4,8-9,14-15H,1-2,5-7H2. The summed E-state index contributed by atoms with van der Waals surface area (Å²) in [5.74, 6) is 0. The number of halogens is 1. The molecule has 0 saturated carbocycles. The van der Waals surface area contributed by atoms with Gasteiger partial charge in [-0.2, -0.15) is 0 Å². The Morgan fingerprint density at radius 2 is 2.06 bits per heavy atom. The molecule has 2 aliphatic rings. The van der Waals surface area contributed by atoms with Crippen LogP contribution in [0.15, 0.2) is 12.1 Å². The van der Waals surface area contributed by atoms with Crippen molar-refractivity contribution >= 4 is 22.9 Å². The summed E-state index contributed by atoms with van der Waals surface area (Å²) in [6.07, 6.45) is 4.98. The van der Waals surface area contributed by atoms with E-state index in [1.807, 2.05) is 12.1 Å². The molecule has 2 saturated heterocycles. The molecule has 1 aromatic heterocycles. The van der Waals surface area contributed by atoms with Crippen molar-refractivity contribution in [2.75, 3.05) is 0 Å². The van der Waals surface area contributed by atoms with Crippen LogP contribution < -0.4 is 5.32 Å². The Hall–Kier alpha value is -0.0900. The number of rotatable bonds is 2. The normalized spacial score (nSPS) is 37.9. The lowest BCUT2D eigenvalue weighted by Gasteiger charge is -2.37. The Morgan fingerprint density at radius 3 is 2.62 bits per heavy atom. The molecule has 2 N–H and O–H groups in total. The molecule has 88 valence electrons. The highest BCUT2D eigenvalue weighted by atomic mass is 35.5. The van der Waals surface area contributed by atoms with Gasteiger partial charge in [0.15, 0.2) is 0 Å². The Morgan fingerprint density at radius 1 is 1.38 bits per heavy atom. The molecular formula is C12H16ClNOS. The van der Waals surface area contributed by atoms with Gasteiger partial charge in [0.2, 0.25) is 0 Å². The van der Waals surface area contributed by atoms with Crippen molar-refractivity contribution < 1.29 is 5.11 Å². The van der Waals surface area contributed by atoms with Gasteiger partial charge in [-0.25, -0.2) is 0 Å². The molecule has 0 amide bonds. The van der Waals surface area contributed by atoms with E-state index in [0.717, 1.165) is 23.6 Å². The topological polar surface area (TPSA) is 32.3 Å². The van der Waals surface area contributed by atoms with E-state index in [4.69, 9.17) is 11.6 Å². The highest BCUT2D eigenvalue weighted by Gasteiger charge is 2.42. The minimum Gasteiger partial charge on any atom is -0.389 e. The van der Waals surface area contributed by atoms with Crippen LogP contribution in [0.3, 0.4) is 0 Å². The van der Waals surface area contributed by atoms with E-state index in [1.165, 1.54) is 17.7 Å². The molecule has 1 aromatic rings. The van der Waals surface area contributed by atoms with E-state index < -0.39 is 5.60 Å². The van der Waals surface area contributed by atoms with E-state index >= 15 is 0 Å². The highest BCUT2D eigenvalue weighted by Crippen LogP contribution is 2.37. The quantitative estimate of drug-likeness (QED) is 0.854. The van der Waals surface area contributed by atoms with E-state index in [-0.39, 0.29) is 0 Å². The van der Waals surface area contributed by atoms with Gasteiger partial charge in [0.05, 0.1) is 9.94 Å². The first kappa shape index (κ1) is 11.0. The summed E-state index contributed by atoms with van der Waals surface area (Å²) in [5.41, 5.74) is -0.509. The number of hydrogen-bond donors (Lipinski definition) is 2. The smallest absolute Gasteiger partial charge is 0.0931 e. The molecule has 16 heavy (non-hydrogen) atoms. The van der Waals surface area contributed by atoms with Crippen LogP contribution in [0.25, 0.3) is 0 Å². The number of hydrogen-bond acceptors (Lipinski definition) is 3. The molecule has 2 unspecified atom stereocenters. The molecule has 0 aromatic carbocycles. The van der Waals surface area contributed by atoms with E-state index in [9.17, 15) is 5.11 Å². The maximum Gasteiger partial charge on any atom is 0.0931 e. The lowest BCUT2D eigenvalue weighted by molar-refractivity contribution is -0.00542. The number of thiophene rings is 1. The van der Waals surface area contributed by atoms with Gasteiger partial charge in [-0.3, -0.25) is 0 Å². The molecule has 3 rings (SSSR count). The van der Waals surface area contributed by atoms with Crippen molar-refractivity contribution in [1.29, 1.82) is 0 Å². The first-order valence-corrected chi connectivity index (χ1v) is 7.05. The second kappa shape index (κ2) is 3.98. The zero-order valence-electron chi connectivity index (χ0n) is 9.08. The highest BCUT2D eigenvalue weighted by molar-refractivity contribution is 7.16. The Kier molecular flexibility index (Phi) is 2.75. The van der Waals surface area contributed by atoms with Crippen LogP contribution >= 0.6 is 22.9 Å². The Balaban J connectivity index is 1.74. The fraction of sp³-hybridized carbons (Fsp3) is 0.667. The molecule has 2 fully saturated rings. The summed E-state index contributed by atoms with van der Waals surface area (Å²) in [6, 6.07) is 5.01. The van der Waals surface area contributed by atoms with Crippen molar-refractivity contribution in [3.8, 4) is 0 Å². The van der Waals surface area contributed by atoms with Crippen LogP contribution in [-0.4, -0.2) is 22.8 Å². The van der Waals surface area contributed by atoms with Crippen molar-refractivity contribution in [2.24, 2.45) is 0 Å². The summed E-state index contributed by atoms with van der Waals surface area (Å²) in [4.78, 5) is 1.20. The molecular weight excluding hydrogens is 242 g/mol. The van der Waals surface area contributed by atoms with Gasteiger partial charge in [-0.15, -0.1) is 11.3 Å². The van der Waals surface area contributed by atoms with Gasteiger partial charge >= 0.3 is 0 Å². The molecule has 2 nitrogen and oxygen atoms in total. The third-order valence-electron chi connectivity index (χ3n) is 3.72. The second-order valence-corrected chi connectivity index (χ2v) is 6.95. The van der Waals surface area contributed by atoms with Crippen LogP contribution in [0.2, 0.25) is 4.34 Å². The minimum atomic E-state index is -0.509. The average Bonchev–Trinajstić information content (AvgIpc) is 2.73. The Bertz CT molecular complexity index is 380. The fourth-order valence-corrected chi connectivity index (χ4v) is 4.36. The lowest BCUT2D eigenvalue weighted by Crippen LogP contribution is -2.49. The third-order valence-corrected chi connectivity index (χ3v) is 4.95. The van der Waals surface area contributed by atoms with Crippen molar-refractivity contribution in [3.05, 3.63) is 21.3 Å². The predicted octanol–water partition coefficient (Wildman–Crippen LogP) is 2.59. The summed E-state index contributed by atoms with van der Waals surface area (Å²) in [7, 11) is 0. The SMILES string of the molecule is OC1(Cc2ccc(Cl)s2)CC2CCC(C1)N2. The first-order valence-electron chi connectivity index (χ1n) is 5.86. The third kappa shape index (κ3) is 2.14. The van der Waals surface area contributed by atoms with Crippen LogP contribution in [0, 0.1) is 0 Å². The van der Waals surface area contributed by atoms with Gasteiger partial charge in [0.25, 0.3) is 0 Å². The van der Waals surface area contributed by atoms with Crippen LogP contribution in [-0.2, 0) is 6.42 Å². The summed E-state index contributed by atoms with van der Waals surface area (Å²) >= 11 is 7.51. The molecule has 2 aliphatic heterocycles. The monoisotopic (exact) mass is 257 g/mol. The number of aliphatic hydroxyl groups is 1. The maximum absolute atomic E-state index is 10.6. The minimum absolute atomic E-state index is 0.509. The lowest BCUT2D eigenvalue weighted by atomic mass is 9.84. The van der Waals surface area contributed by atoms with Crippen molar-refractivity contribution in [3.63, 3.8) is 0 Å².